The van der Waals surface area contributed by atoms with E-state index in [0.717, 1.165) is 38.5 Å². The van der Waals surface area contributed by atoms with E-state index >= 15 is 0 Å². The summed E-state index contributed by atoms with van der Waals surface area (Å²) >= 11 is 23.7. The number of benzene rings is 2. The summed E-state index contributed by atoms with van der Waals surface area (Å²) in [6.45, 7) is 0. The Morgan fingerprint density at radius 2 is 0.833 bits per heavy atom. The first-order chi connectivity index (χ1) is 14.3. The average Bonchev–Trinajstić information content (AvgIpc) is 2.62. The van der Waals surface area contributed by atoms with Crippen LogP contribution in [0.15, 0.2) is 36.4 Å². The number of amides is 2. The van der Waals surface area contributed by atoms with Crippen LogP contribution < -0.4 is 10.6 Å². The van der Waals surface area contributed by atoms with E-state index in [9.17, 15) is 9.59 Å². The van der Waals surface area contributed by atoms with Crippen molar-refractivity contribution >= 4 is 69.6 Å². The van der Waals surface area contributed by atoms with Crippen LogP contribution in [0.2, 0.25) is 20.1 Å². The number of hydrogen-bond donors (Lipinski definition) is 2. The van der Waals surface area contributed by atoms with Crippen LogP contribution >= 0.6 is 46.4 Å². The van der Waals surface area contributed by atoms with E-state index in [1.165, 1.54) is 0 Å². The molecule has 30 heavy (non-hydrogen) atoms. The second-order valence-corrected chi connectivity index (χ2v) is 8.78. The summed E-state index contributed by atoms with van der Waals surface area (Å²) in [7, 11) is 0. The van der Waals surface area contributed by atoms with Crippen LogP contribution in [0, 0.1) is 0 Å². The minimum atomic E-state index is -0.0499. The van der Waals surface area contributed by atoms with Crippen LogP contribution in [0.1, 0.15) is 51.4 Å². The van der Waals surface area contributed by atoms with Gasteiger partial charge in [-0.05, 0) is 49.2 Å². The van der Waals surface area contributed by atoms with Crippen LogP contribution in [0.25, 0.3) is 0 Å². The summed E-state index contributed by atoms with van der Waals surface area (Å²) in [4.78, 5) is 24.0. The molecule has 0 aliphatic rings. The molecule has 0 aliphatic carbocycles. The molecule has 2 aromatic carbocycles. The molecule has 162 valence electrons. The van der Waals surface area contributed by atoms with Gasteiger partial charge in [0.15, 0.2) is 0 Å². The highest BCUT2D eigenvalue weighted by atomic mass is 35.5. The highest BCUT2D eigenvalue weighted by Gasteiger charge is 2.06. The summed E-state index contributed by atoms with van der Waals surface area (Å²) in [5.74, 6) is -0.0998. The zero-order valence-corrected chi connectivity index (χ0v) is 19.5. The Hall–Kier alpha value is -1.46. The molecule has 0 fully saturated rings. The highest BCUT2D eigenvalue weighted by Crippen LogP contribution is 2.23. The molecule has 8 heteroatoms. The number of anilines is 2. The van der Waals surface area contributed by atoms with Crippen molar-refractivity contribution in [3.05, 3.63) is 56.5 Å². The van der Waals surface area contributed by atoms with E-state index < -0.39 is 0 Å². The molecule has 0 spiro atoms. The van der Waals surface area contributed by atoms with E-state index in [-0.39, 0.29) is 11.8 Å². The Labute approximate surface area is 197 Å². The Morgan fingerprint density at radius 1 is 0.533 bits per heavy atom. The molecular weight excluding hydrogens is 466 g/mol. The topological polar surface area (TPSA) is 58.2 Å². The van der Waals surface area contributed by atoms with Gasteiger partial charge in [-0.15, -0.1) is 0 Å². The quantitative estimate of drug-likeness (QED) is 0.314. The third-order valence-electron chi connectivity index (χ3n) is 4.35. The molecule has 0 bridgehead atoms. The first-order valence-electron chi connectivity index (χ1n) is 9.84. The van der Waals surface area contributed by atoms with E-state index in [4.69, 9.17) is 46.4 Å². The predicted molar refractivity (Wildman–Crippen MR) is 127 cm³/mol. The van der Waals surface area contributed by atoms with Crippen LogP contribution in [-0.4, -0.2) is 11.8 Å². The van der Waals surface area contributed by atoms with E-state index in [1.807, 2.05) is 0 Å². The lowest BCUT2D eigenvalue weighted by atomic mass is 10.1. The van der Waals surface area contributed by atoms with Gasteiger partial charge in [0.1, 0.15) is 0 Å². The van der Waals surface area contributed by atoms with Gasteiger partial charge in [0.2, 0.25) is 11.8 Å². The molecule has 0 atom stereocenters. The summed E-state index contributed by atoms with van der Waals surface area (Å²) < 4.78 is 0. The van der Waals surface area contributed by atoms with Crippen LogP contribution in [0.4, 0.5) is 11.4 Å². The number of unbranched alkanes of at least 4 members (excludes halogenated alkanes) is 5. The summed E-state index contributed by atoms with van der Waals surface area (Å²) in [5.41, 5.74) is 1.21. The lowest BCUT2D eigenvalue weighted by molar-refractivity contribution is -0.117. The van der Waals surface area contributed by atoms with Gasteiger partial charge in [-0.2, -0.15) is 0 Å². The van der Waals surface area contributed by atoms with Gasteiger partial charge in [0.05, 0.1) is 0 Å². The second-order valence-electron chi connectivity index (χ2n) is 7.03. The first-order valence-corrected chi connectivity index (χ1v) is 11.3. The fraction of sp³-hybridized carbons (Fsp3) is 0.364. The van der Waals surface area contributed by atoms with Crippen molar-refractivity contribution in [1.82, 2.24) is 0 Å². The molecule has 0 aromatic heterocycles. The number of carbonyl (C=O) groups excluding carboxylic acids is 2. The fourth-order valence-electron chi connectivity index (χ4n) is 2.98. The molecule has 2 amide bonds. The van der Waals surface area contributed by atoms with Crippen molar-refractivity contribution in [2.75, 3.05) is 10.6 Å². The minimum absolute atomic E-state index is 0.0499. The largest absolute Gasteiger partial charge is 0.326 e. The molecular formula is C22H24Cl4N2O2. The number of nitrogens with one attached hydrogen (secondary N) is 2. The summed E-state index contributed by atoms with van der Waals surface area (Å²) in [5, 5.41) is 7.57. The number of hydrogen-bond acceptors (Lipinski definition) is 2. The molecule has 0 aliphatic heterocycles. The maximum absolute atomic E-state index is 12.0. The van der Waals surface area contributed by atoms with E-state index in [2.05, 4.69) is 10.6 Å². The standard InChI is InChI=1S/C22H24Cl4N2O2/c23-15-9-16(24)12-19(11-15)27-21(29)7-5-3-1-2-4-6-8-22(30)28-20-13-17(25)10-18(26)14-20/h9-14H,1-8H2,(H,27,29)(H,28,30). The zero-order valence-electron chi connectivity index (χ0n) is 16.4. The monoisotopic (exact) mass is 488 g/mol. The molecule has 0 saturated heterocycles. The smallest absolute Gasteiger partial charge is 0.224 e. The van der Waals surface area contributed by atoms with Crippen molar-refractivity contribution in [1.29, 1.82) is 0 Å². The van der Waals surface area contributed by atoms with Gasteiger partial charge in [0, 0.05) is 44.3 Å². The SMILES string of the molecule is O=C(CCCCCCCCC(=O)Nc1cc(Cl)cc(Cl)c1)Nc1cc(Cl)cc(Cl)c1. The van der Waals surface area contributed by atoms with Gasteiger partial charge in [-0.25, -0.2) is 0 Å². The minimum Gasteiger partial charge on any atom is -0.326 e. The molecule has 0 unspecified atom stereocenters. The maximum atomic E-state index is 12.0. The van der Waals surface area contributed by atoms with Gasteiger partial charge in [-0.3, -0.25) is 9.59 Å². The lowest BCUT2D eigenvalue weighted by Gasteiger charge is -2.07. The summed E-state index contributed by atoms with van der Waals surface area (Å²) in [6, 6.07) is 9.92. The molecule has 0 saturated carbocycles. The molecule has 2 aromatic rings. The number of carbonyl (C=O) groups is 2. The highest BCUT2D eigenvalue weighted by molar-refractivity contribution is 6.35. The van der Waals surface area contributed by atoms with Crippen molar-refractivity contribution in [3.63, 3.8) is 0 Å². The van der Waals surface area contributed by atoms with Crippen molar-refractivity contribution in [2.24, 2.45) is 0 Å². The van der Waals surface area contributed by atoms with E-state index in [0.29, 0.717) is 44.3 Å². The Balaban J connectivity index is 1.51. The third-order valence-corrected chi connectivity index (χ3v) is 5.22. The lowest BCUT2D eigenvalue weighted by Crippen LogP contribution is -2.11. The number of rotatable bonds is 11. The molecule has 4 nitrogen and oxygen atoms in total. The Bertz CT molecular complexity index is 762. The fourth-order valence-corrected chi connectivity index (χ4v) is 4.03. The first kappa shape index (κ1) is 24.8. The molecule has 0 heterocycles. The zero-order chi connectivity index (χ0) is 21.9. The normalized spacial score (nSPS) is 10.7. The van der Waals surface area contributed by atoms with Gasteiger partial charge < -0.3 is 10.6 Å². The molecule has 2 rings (SSSR count). The molecule has 2 N–H and O–H groups in total. The molecule has 0 radical (unpaired) electrons. The van der Waals surface area contributed by atoms with Crippen molar-refractivity contribution < 1.29 is 9.59 Å². The van der Waals surface area contributed by atoms with Crippen LogP contribution in [-0.2, 0) is 9.59 Å². The summed E-state index contributed by atoms with van der Waals surface area (Å²) in [6.07, 6.45) is 6.53. The van der Waals surface area contributed by atoms with Crippen molar-refractivity contribution in [3.8, 4) is 0 Å². The number of halogens is 4. The Morgan fingerprint density at radius 3 is 1.17 bits per heavy atom. The van der Waals surface area contributed by atoms with Crippen molar-refractivity contribution in [2.45, 2.75) is 51.4 Å². The van der Waals surface area contributed by atoms with Gasteiger partial charge in [0.25, 0.3) is 0 Å². The Kier molecular flexibility index (Phi) is 10.8. The average molecular weight is 490 g/mol. The van der Waals surface area contributed by atoms with Gasteiger partial charge in [-0.1, -0.05) is 72.1 Å². The van der Waals surface area contributed by atoms with Crippen LogP contribution in [0.5, 0.6) is 0 Å². The van der Waals surface area contributed by atoms with Crippen LogP contribution in [0.3, 0.4) is 0 Å². The second kappa shape index (κ2) is 13.1. The van der Waals surface area contributed by atoms with E-state index in [1.54, 1.807) is 36.4 Å². The van der Waals surface area contributed by atoms with Gasteiger partial charge >= 0.3 is 0 Å². The third kappa shape index (κ3) is 10.0. The maximum Gasteiger partial charge on any atom is 0.224 e. The predicted octanol–water partition coefficient (Wildman–Crippen LogP) is 8.00.